The lowest BCUT2D eigenvalue weighted by Crippen LogP contribution is -2.33. The Balaban J connectivity index is 1.66. The molecule has 1 N–H and O–H groups in total. The summed E-state index contributed by atoms with van der Waals surface area (Å²) >= 11 is 0. The van der Waals surface area contributed by atoms with Crippen LogP contribution in [0.2, 0.25) is 0 Å². The van der Waals surface area contributed by atoms with Crippen molar-refractivity contribution in [1.82, 2.24) is 5.32 Å². The normalized spacial score (nSPS) is 20.1. The van der Waals surface area contributed by atoms with Crippen molar-refractivity contribution in [2.75, 3.05) is 27.4 Å². The minimum Gasteiger partial charge on any atom is -0.493 e. The van der Waals surface area contributed by atoms with E-state index in [0.29, 0.717) is 19.8 Å². The first-order valence-electron chi connectivity index (χ1n) is 7.98. The Bertz CT molecular complexity index is 675. The van der Waals surface area contributed by atoms with Gasteiger partial charge in [0.25, 0.3) is 0 Å². The summed E-state index contributed by atoms with van der Waals surface area (Å²) in [6.45, 7) is 2.00. The van der Waals surface area contributed by atoms with E-state index in [1.807, 2.05) is 30.3 Å². The van der Waals surface area contributed by atoms with Crippen LogP contribution in [0, 0.1) is 5.82 Å². The van der Waals surface area contributed by atoms with Crippen LogP contribution >= 0.6 is 0 Å². The number of nitrogens with one attached hydrogen (secondary N) is 1. The van der Waals surface area contributed by atoms with Crippen molar-refractivity contribution in [3.8, 4) is 11.5 Å². The van der Waals surface area contributed by atoms with Gasteiger partial charge in [-0.25, -0.2) is 4.39 Å². The molecule has 1 aliphatic heterocycles. The molecule has 0 bridgehead atoms. The van der Waals surface area contributed by atoms with Crippen molar-refractivity contribution in [1.29, 1.82) is 0 Å². The van der Waals surface area contributed by atoms with Gasteiger partial charge in [-0.2, -0.15) is 0 Å². The average Bonchev–Trinajstić information content (AvgIpc) is 3.08. The van der Waals surface area contributed by atoms with E-state index < -0.39 is 0 Å². The third kappa shape index (κ3) is 3.68. The molecule has 1 fully saturated rings. The fourth-order valence-electron chi connectivity index (χ4n) is 3.03. The SMILES string of the molecule is COc1ccc(CN[C@@H]2COC[C@H]2c2ccc(F)cc2)cc1OC. The second-order valence-corrected chi connectivity index (χ2v) is 5.87. The Morgan fingerprint density at radius 1 is 1.04 bits per heavy atom. The summed E-state index contributed by atoms with van der Waals surface area (Å²) in [4.78, 5) is 0. The Morgan fingerprint density at radius 3 is 2.50 bits per heavy atom. The van der Waals surface area contributed by atoms with Gasteiger partial charge in [0.15, 0.2) is 11.5 Å². The van der Waals surface area contributed by atoms with Crippen molar-refractivity contribution in [3.63, 3.8) is 0 Å². The Kier molecular flexibility index (Phi) is 5.33. The molecule has 1 saturated heterocycles. The third-order valence-electron chi connectivity index (χ3n) is 4.40. The Hall–Kier alpha value is -2.11. The summed E-state index contributed by atoms with van der Waals surface area (Å²) in [7, 11) is 3.25. The number of hydrogen-bond acceptors (Lipinski definition) is 4. The van der Waals surface area contributed by atoms with E-state index in [9.17, 15) is 4.39 Å². The largest absolute Gasteiger partial charge is 0.493 e. The topological polar surface area (TPSA) is 39.7 Å². The highest BCUT2D eigenvalue weighted by atomic mass is 19.1. The number of benzene rings is 2. The molecule has 0 amide bonds. The maximum Gasteiger partial charge on any atom is 0.161 e. The fourth-order valence-corrected chi connectivity index (χ4v) is 3.03. The first-order valence-corrected chi connectivity index (χ1v) is 7.98. The van der Waals surface area contributed by atoms with Crippen LogP contribution in [0.5, 0.6) is 11.5 Å². The quantitative estimate of drug-likeness (QED) is 0.883. The van der Waals surface area contributed by atoms with Gasteiger partial charge in [-0.15, -0.1) is 0 Å². The highest BCUT2D eigenvalue weighted by Gasteiger charge is 2.29. The van der Waals surface area contributed by atoms with E-state index in [1.165, 1.54) is 12.1 Å². The second kappa shape index (κ2) is 7.64. The van der Waals surface area contributed by atoms with Gasteiger partial charge in [0.1, 0.15) is 5.82 Å². The molecular formula is C19H22FNO3. The van der Waals surface area contributed by atoms with Crippen molar-refractivity contribution < 1.29 is 18.6 Å². The smallest absolute Gasteiger partial charge is 0.161 e. The van der Waals surface area contributed by atoms with Crippen LogP contribution in [0.15, 0.2) is 42.5 Å². The zero-order chi connectivity index (χ0) is 16.9. The molecular weight excluding hydrogens is 309 g/mol. The lowest BCUT2D eigenvalue weighted by atomic mass is 9.94. The second-order valence-electron chi connectivity index (χ2n) is 5.87. The van der Waals surface area contributed by atoms with Crippen LogP contribution < -0.4 is 14.8 Å². The van der Waals surface area contributed by atoms with Crippen molar-refractivity contribution in [3.05, 3.63) is 59.4 Å². The molecule has 4 nitrogen and oxygen atoms in total. The zero-order valence-corrected chi connectivity index (χ0v) is 13.9. The van der Waals surface area contributed by atoms with Gasteiger partial charge in [0.05, 0.1) is 27.4 Å². The maximum atomic E-state index is 13.1. The molecule has 0 spiro atoms. The molecule has 5 heteroatoms. The molecule has 0 saturated carbocycles. The minimum atomic E-state index is -0.215. The fraction of sp³-hybridized carbons (Fsp3) is 0.368. The molecule has 2 atom stereocenters. The van der Waals surface area contributed by atoms with Crippen molar-refractivity contribution >= 4 is 0 Å². The van der Waals surface area contributed by atoms with Gasteiger partial charge in [0, 0.05) is 18.5 Å². The van der Waals surface area contributed by atoms with E-state index in [-0.39, 0.29) is 17.8 Å². The summed E-state index contributed by atoms with van der Waals surface area (Å²) in [6.07, 6.45) is 0. The summed E-state index contributed by atoms with van der Waals surface area (Å²) in [6, 6.07) is 12.7. The van der Waals surface area contributed by atoms with E-state index in [1.54, 1.807) is 14.2 Å². The summed E-state index contributed by atoms with van der Waals surface area (Å²) < 4.78 is 29.3. The highest BCUT2D eigenvalue weighted by molar-refractivity contribution is 5.42. The van der Waals surface area contributed by atoms with Crippen LogP contribution in [-0.2, 0) is 11.3 Å². The molecule has 2 aromatic rings. The van der Waals surface area contributed by atoms with Gasteiger partial charge < -0.3 is 19.5 Å². The molecule has 1 heterocycles. The predicted molar refractivity (Wildman–Crippen MR) is 90.1 cm³/mol. The van der Waals surface area contributed by atoms with E-state index in [4.69, 9.17) is 14.2 Å². The molecule has 0 aliphatic carbocycles. The van der Waals surface area contributed by atoms with Crippen molar-refractivity contribution in [2.45, 2.75) is 18.5 Å². The van der Waals surface area contributed by atoms with Crippen LogP contribution in [0.3, 0.4) is 0 Å². The van der Waals surface area contributed by atoms with Gasteiger partial charge in [0.2, 0.25) is 0 Å². The highest BCUT2D eigenvalue weighted by Crippen LogP contribution is 2.29. The Labute approximate surface area is 141 Å². The van der Waals surface area contributed by atoms with E-state index in [0.717, 1.165) is 22.6 Å². The molecule has 0 radical (unpaired) electrons. The lowest BCUT2D eigenvalue weighted by molar-refractivity contribution is 0.187. The summed E-state index contributed by atoms with van der Waals surface area (Å²) in [5.74, 6) is 1.45. The van der Waals surface area contributed by atoms with Crippen molar-refractivity contribution in [2.24, 2.45) is 0 Å². The zero-order valence-electron chi connectivity index (χ0n) is 13.9. The van der Waals surface area contributed by atoms with Crippen LogP contribution in [-0.4, -0.2) is 33.5 Å². The number of hydrogen-bond donors (Lipinski definition) is 1. The van der Waals surface area contributed by atoms with Gasteiger partial charge in [-0.3, -0.25) is 0 Å². The lowest BCUT2D eigenvalue weighted by Gasteiger charge is -2.20. The van der Waals surface area contributed by atoms with Gasteiger partial charge in [-0.05, 0) is 35.4 Å². The number of methoxy groups -OCH3 is 2. The number of ether oxygens (including phenoxy) is 3. The maximum absolute atomic E-state index is 13.1. The molecule has 128 valence electrons. The standard InChI is InChI=1S/C19H22FNO3/c1-22-18-8-3-13(9-19(18)23-2)10-21-17-12-24-11-16(17)14-4-6-15(20)7-5-14/h3-9,16-17,21H,10-12H2,1-2H3/t16-,17+/m0/s1. The third-order valence-corrected chi connectivity index (χ3v) is 4.40. The molecule has 3 rings (SSSR count). The predicted octanol–water partition coefficient (Wildman–Crippen LogP) is 3.12. The first-order chi connectivity index (χ1) is 11.7. The molecule has 1 aliphatic rings. The molecule has 0 unspecified atom stereocenters. The molecule has 2 aromatic carbocycles. The van der Waals surface area contributed by atoms with E-state index in [2.05, 4.69) is 5.32 Å². The monoisotopic (exact) mass is 331 g/mol. The molecule has 24 heavy (non-hydrogen) atoms. The average molecular weight is 331 g/mol. The first kappa shape index (κ1) is 16.7. The van der Waals surface area contributed by atoms with Crippen LogP contribution in [0.1, 0.15) is 17.0 Å². The number of halogens is 1. The van der Waals surface area contributed by atoms with Gasteiger partial charge in [-0.1, -0.05) is 18.2 Å². The molecule has 0 aromatic heterocycles. The van der Waals surface area contributed by atoms with Crippen LogP contribution in [0.4, 0.5) is 4.39 Å². The van der Waals surface area contributed by atoms with Gasteiger partial charge >= 0.3 is 0 Å². The minimum absolute atomic E-state index is 0.198. The number of rotatable bonds is 6. The summed E-state index contributed by atoms with van der Waals surface area (Å²) in [5.41, 5.74) is 2.20. The summed E-state index contributed by atoms with van der Waals surface area (Å²) in [5, 5.41) is 3.53. The van der Waals surface area contributed by atoms with Crippen LogP contribution in [0.25, 0.3) is 0 Å². The Morgan fingerprint density at radius 2 is 1.79 bits per heavy atom. The van der Waals surface area contributed by atoms with E-state index >= 15 is 0 Å².